The first-order chi connectivity index (χ1) is 13.4. The van der Waals surface area contributed by atoms with E-state index in [2.05, 4.69) is 30.9 Å². The third-order valence-electron chi connectivity index (χ3n) is 4.79. The van der Waals surface area contributed by atoms with Gasteiger partial charge in [0.05, 0.1) is 17.3 Å². The molecule has 0 fully saturated rings. The summed E-state index contributed by atoms with van der Waals surface area (Å²) in [4.78, 5) is 22.0. The van der Waals surface area contributed by atoms with Gasteiger partial charge in [-0.1, -0.05) is 11.3 Å². The van der Waals surface area contributed by atoms with Gasteiger partial charge in [-0.05, 0) is 88.4 Å². The van der Waals surface area contributed by atoms with Crippen LogP contribution in [-0.4, -0.2) is 50.1 Å². The van der Waals surface area contributed by atoms with Crippen molar-refractivity contribution in [2.24, 2.45) is 0 Å². The molecular formula is C22H27N3O2S. The minimum absolute atomic E-state index is 0.0334. The molecule has 0 spiro atoms. The second-order valence-electron chi connectivity index (χ2n) is 7.24. The molecule has 0 saturated carbocycles. The number of carbonyl (C=O) groups is 1. The van der Waals surface area contributed by atoms with Crippen LogP contribution in [0.3, 0.4) is 0 Å². The normalized spacial score (nSPS) is 11.2. The number of aryl methyl sites for hydroxylation is 2. The second kappa shape index (κ2) is 8.71. The molecule has 0 radical (unpaired) electrons. The van der Waals surface area contributed by atoms with Crippen LogP contribution in [0.4, 0.5) is 5.13 Å². The highest BCUT2D eigenvalue weighted by atomic mass is 32.1. The van der Waals surface area contributed by atoms with E-state index < -0.39 is 0 Å². The Hall–Kier alpha value is -2.44. The molecule has 0 bridgehead atoms. The number of fused-ring (bicyclic) bond motifs is 1. The minimum atomic E-state index is -0.0334. The largest absolute Gasteiger partial charge is 0.497 e. The summed E-state index contributed by atoms with van der Waals surface area (Å²) < 4.78 is 6.32. The fraction of sp³-hybridized carbons (Fsp3) is 0.364. The highest BCUT2D eigenvalue weighted by molar-refractivity contribution is 7.22. The first kappa shape index (κ1) is 20.3. The molecule has 0 aliphatic carbocycles. The zero-order chi connectivity index (χ0) is 20.3. The standard InChI is InChI=1S/C22H27N3O2S/c1-15-13-19-20(14-16(15)2)28-22(23-19)25(12-6-11-24(3)4)21(26)17-7-9-18(27-5)10-8-17/h7-10,13-14H,6,11-12H2,1-5H3. The van der Waals surface area contributed by atoms with Gasteiger partial charge in [0, 0.05) is 12.1 Å². The molecule has 0 aliphatic heterocycles. The lowest BCUT2D eigenvalue weighted by Crippen LogP contribution is -2.33. The number of hydrogen-bond donors (Lipinski definition) is 0. The van der Waals surface area contributed by atoms with E-state index in [4.69, 9.17) is 9.72 Å². The Morgan fingerprint density at radius 2 is 1.75 bits per heavy atom. The first-order valence-electron chi connectivity index (χ1n) is 9.37. The number of amides is 1. The number of carbonyl (C=O) groups excluding carboxylic acids is 1. The number of nitrogens with zero attached hydrogens (tertiary/aromatic N) is 3. The molecule has 2 aromatic carbocycles. The fourth-order valence-corrected chi connectivity index (χ4v) is 4.07. The van der Waals surface area contributed by atoms with Gasteiger partial charge in [0.25, 0.3) is 5.91 Å². The molecule has 28 heavy (non-hydrogen) atoms. The van der Waals surface area contributed by atoms with Crippen LogP contribution in [0.5, 0.6) is 5.75 Å². The van der Waals surface area contributed by atoms with Crippen LogP contribution in [0.1, 0.15) is 27.9 Å². The van der Waals surface area contributed by atoms with Gasteiger partial charge in [-0.2, -0.15) is 0 Å². The summed E-state index contributed by atoms with van der Waals surface area (Å²) in [6.07, 6.45) is 0.878. The van der Waals surface area contributed by atoms with E-state index in [1.165, 1.54) is 11.1 Å². The van der Waals surface area contributed by atoms with Crippen molar-refractivity contribution in [3.8, 4) is 5.75 Å². The maximum atomic E-state index is 13.3. The van der Waals surface area contributed by atoms with E-state index in [0.29, 0.717) is 12.1 Å². The molecule has 0 atom stereocenters. The van der Waals surface area contributed by atoms with E-state index in [9.17, 15) is 4.79 Å². The van der Waals surface area contributed by atoms with Gasteiger partial charge in [0.1, 0.15) is 5.75 Å². The first-order valence-corrected chi connectivity index (χ1v) is 10.2. The highest BCUT2D eigenvalue weighted by Gasteiger charge is 2.21. The van der Waals surface area contributed by atoms with Gasteiger partial charge in [-0.25, -0.2) is 4.98 Å². The number of thiazole rings is 1. The van der Waals surface area contributed by atoms with E-state index in [1.54, 1.807) is 23.3 Å². The van der Waals surface area contributed by atoms with Gasteiger partial charge in [-0.15, -0.1) is 0 Å². The van der Waals surface area contributed by atoms with Crippen molar-refractivity contribution in [1.29, 1.82) is 0 Å². The Balaban J connectivity index is 1.94. The van der Waals surface area contributed by atoms with E-state index in [1.807, 2.05) is 38.4 Å². The highest BCUT2D eigenvalue weighted by Crippen LogP contribution is 2.32. The topological polar surface area (TPSA) is 45.7 Å². The summed E-state index contributed by atoms with van der Waals surface area (Å²) in [6, 6.07) is 11.5. The number of rotatable bonds is 7. The Labute approximate surface area is 170 Å². The van der Waals surface area contributed by atoms with Crippen LogP contribution in [0, 0.1) is 13.8 Å². The lowest BCUT2D eigenvalue weighted by atomic mass is 10.1. The summed E-state index contributed by atoms with van der Waals surface area (Å²) in [5, 5.41) is 0.750. The number of anilines is 1. The lowest BCUT2D eigenvalue weighted by Gasteiger charge is -2.21. The zero-order valence-corrected chi connectivity index (χ0v) is 18.0. The summed E-state index contributed by atoms with van der Waals surface area (Å²) in [5.41, 5.74) is 4.04. The lowest BCUT2D eigenvalue weighted by molar-refractivity contribution is 0.0986. The Kier molecular flexibility index (Phi) is 6.31. The quantitative estimate of drug-likeness (QED) is 0.588. The maximum Gasteiger partial charge on any atom is 0.260 e. The molecule has 0 saturated heterocycles. The molecule has 0 N–H and O–H groups in total. The van der Waals surface area contributed by atoms with Crippen molar-refractivity contribution in [3.05, 3.63) is 53.1 Å². The summed E-state index contributed by atoms with van der Waals surface area (Å²) >= 11 is 1.57. The van der Waals surface area contributed by atoms with Crippen LogP contribution in [0.2, 0.25) is 0 Å². The molecule has 0 unspecified atom stereocenters. The smallest absolute Gasteiger partial charge is 0.260 e. The van der Waals surface area contributed by atoms with Crippen LogP contribution >= 0.6 is 11.3 Å². The van der Waals surface area contributed by atoms with Gasteiger partial charge >= 0.3 is 0 Å². The predicted molar refractivity (Wildman–Crippen MR) is 117 cm³/mol. The van der Waals surface area contributed by atoms with Gasteiger partial charge < -0.3 is 9.64 Å². The molecule has 1 aromatic heterocycles. The Bertz CT molecular complexity index is 925. The number of hydrogen-bond acceptors (Lipinski definition) is 5. The summed E-state index contributed by atoms with van der Waals surface area (Å²) in [7, 11) is 5.70. The van der Waals surface area contributed by atoms with Crippen LogP contribution in [-0.2, 0) is 0 Å². The molecular weight excluding hydrogens is 370 g/mol. The maximum absolute atomic E-state index is 13.3. The average molecular weight is 398 g/mol. The van der Waals surface area contributed by atoms with Gasteiger partial charge in [0.15, 0.2) is 5.13 Å². The molecule has 0 aliphatic rings. The van der Waals surface area contributed by atoms with Crippen LogP contribution in [0.25, 0.3) is 10.2 Å². The molecule has 1 amide bonds. The van der Waals surface area contributed by atoms with Gasteiger partial charge in [0.2, 0.25) is 0 Å². The Morgan fingerprint density at radius 1 is 1.07 bits per heavy atom. The molecule has 3 rings (SSSR count). The third-order valence-corrected chi connectivity index (χ3v) is 5.83. The summed E-state index contributed by atoms with van der Waals surface area (Å²) in [6.45, 7) is 5.73. The molecule has 6 heteroatoms. The van der Waals surface area contributed by atoms with Crippen molar-refractivity contribution in [2.45, 2.75) is 20.3 Å². The number of ether oxygens (including phenoxy) is 1. The molecule has 148 valence electrons. The van der Waals surface area contributed by atoms with Crippen molar-refractivity contribution in [1.82, 2.24) is 9.88 Å². The average Bonchev–Trinajstić information content (AvgIpc) is 3.07. The minimum Gasteiger partial charge on any atom is -0.497 e. The van der Waals surface area contributed by atoms with Crippen LogP contribution in [0.15, 0.2) is 36.4 Å². The molecule has 1 heterocycles. The van der Waals surface area contributed by atoms with Crippen molar-refractivity contribution in [2.75, 3.05) is 39.2 Å². The number of aromatic nitrogens is 1. The zero-order valence-electron chi connectivity index (χ0n) is 17.2. The van der Waals surface area contributed by atoms with Crippen LogP contribution < -0.4 is 9.64 Å². The number of benzene rings is 2. The van der Waals surface area contributed by atoms with Crippen molar-refractivity contribution < 1.29 is 9.53 Å². The SMILES string of the molecule is COc1ccc(C(=O)N(CCCN(C)C)c2nc3cc(C)c(C)cc3s2)cc1. The van der Waals surface area contributed by atoms with E-state index >= 15 is 0 Å². The fourth-order valence-electron chi connectivity index (χ4n) is 3.00. The Morgan fingerprint density at radius 3 is 2.39 bits per heavy atom. The summed E-state index contributed by atoms with van der Waals surface area (Å²) in [5.74, 6) is 0.704. The molecule has 3 aromatic rings. The monoisotopic (exact) mass is 397 g/mol. The second-order valence-corrected chi connectivity index (χ2v) is 8.25. The number of methoxy groups -OCH3 is 1. The van der Waals surface area contributed by atoms with Crippen molar-refractivity contribution in [3.63, 3.8) is 0 Å². The van der Waals surface area contributed by atoms with Crippen molar-refractivity contribution >= 4 is 32.6 Å². The predicted octanol–water partition coefficient (Wildman–Crippen LogP) is 4.52. The molecule has 5 nitrogen and oxygen atoms in total. The van der Waals surface area contributed by atoms with E-state index in [-0.39, 0.29) is 5.91 Å². The van der Waals surface area contributed by atoms with Gasteiger partial charge in [-0.3, -0.25) is 9.69 Å². The third kappa shape index (κ3) is 4.51. The van der Waals surface area contributed by atoms with E-state index in [0.717, 1.165) is 34.1 Å².